The van der Waals surface area contributed by atoms with Gasteiger partial charge in [0.05, 0.1) is 33.9 Å². The Labute approximate surface area is 372 Å². The fourth-order valence-electron chi connectivity index (χ4n) is 6.12. The largest absolute Gasteiger partial charge is 0.756 e. The Bertz CT molecular complexity index is 1280. The summed E-state index contributed by atoms with van der Waals surface area (Å²) in [6.07, 6.45) is 48.2. The molecule has 0 aromatic heterocycles. The van der Waals surface area contributed by atoms with Gasteiger partial charge in [-0.15, -0.1) is 0 Å². The van der Waals surface area contributed by atoms with E-state index in [0.717, 1.165) is 44.9 Å². The Kier molecular flexibility index (Phi) is 39.7. The summed E-state index contributed by atoms with van der Waals surface area (Å²) in [7, 11) is 1.05. The van der Waals surface area contributed by atoms with Crippen LogP contribution in [-0.4, -0.2) is 81.2 Å². The summed E-state index contributed by atoms with van der Waals surface area (Å²) in [4.78, 5) is 37.6. The zero-order chi connectivity index (χ0) is 45.1. The Balaban J connectivity index is 4.52. The standard InChI is InChI=1S/C50H88NO9P/c1-6-8-10-12-14-16-18-20-21-22-23-25-27-29-31-33-37-41-49(53)57-45-48(46-59-61(55,56)58-44-43-51(3,4)5)60-50(54)42-38-34-36-40-47(52)39-35-32-30-28-26-24-19-17-15-13-11-9-7-2/h9,11,15,17,24,26,30,32,34-36,39,47-48,52H,6-8,10,12-14,16,18-23,25,27-29,31,33,37-38,40-46H2,1-5H3/b11-9-,17-15-,26-24-,32-30-,36-34-,39-35-/t47?,48-/m1/s1. The summed E-state index contributed by atoms with van der Waals surface area (Å²) in [6, 6.07) is 0. The van der Waals surface area contributed by atoms with Crippen molar-refractivity contribution in [3.8, 4) is 0 Å². The number of quaternary nitrogens is 1. The SMILES string of the molecule is CC/C=C\C/C=C\C/C=C\C/C=C\C=C/C(O)C/C=C\CCC(=O)O[C@H](COC(=O)CCCCCCCCCCCCCCCCCCC)COP(=O)([O-])OCC[N+](C)(C)C. The maximum atomic E-state index is 12.7. The Morgan fingerprint density at radius 1 is 0.623 bits per heavy atom. The smallest absolute Gasteiger partial charge is 0.306 e. The van der Waals surface area contributed by atoms with Crippen molar-refractivity contribution in [3.05, 3.63) is 72.9 Å². The molecule has 11 heteroatoms. The van der Waals surface area contributed by atoms with E-state index in [1.54, 1.807) is 18.2 Å². The molecule has 0 aliphatic rings. The Morgan fingerprint density at radius 3 is 1.69 bits per heavy atom. The summed E-state index contributed by atoms with van der Waals surface area (Å²) < 4.78 is 33.8. The molecule has 0 aliphatic heterocycles. The number of hydrogen-bond acceptors (Lipinski definition) is 9. The number of nitrogens with zero attached hydrogens (tertiary/aromatic N) is 1. The molecule has 10 nitrogen and oxygen atoms in total. The van der Waals surface area contributed by atoms with Crippen LogP contribution < -0.4 is 4.89 Å². The van der Waals surface area contributed by atoms with Crippen LogP contribution >= 0.6 is 7.82 Å². The van der Waals surface area contributed by atoms with E-state index in [1.165, 1.54) is 83.5 Å². The lowest BCUT2D eigenvalue weighted by Crippen LogP contribution is -2.37. The first-order valence-electron chi connectivity index (χ1n) is 23.8. The number of hydrogen-bond donors (Lipinski definition) is 1. The molecular formula is C50H88NO9P. The summed E-state index contributed by atoms with van der Waals surface area (Å²) in [5.74, 6) is -1.02. The topological polar surface area (TPSA) is 131 Å². The zero-order valence-electron chi connectivity index (χ0n) is 39.2. The molecule has 3 atom stereocenters. The van der Waals surface area contributed by atoms with Gasteiger partial charge in [-0.25, -0.2) is 0 Å². The highest BCUT2D eigenvalue weighted by Gasteiger charge is 2.21. The van der Waals surface area contributed by atoms with Gasteiger partial charge in [-0.1, -0.05) is 189 Å². The summed E-state index contributed by atoms with van der Waals surface area (Å²) in [6.45, 7) is 3.91. The molecule has 0 aromatic rings. The van der Waals surface area contributed by atoms with E-state index in [9.17, 15) is 24.2 Å². The van der Waals surface area contributed by atoms with E-state index < -0.39 is 38.6 Å². The molecule has 0 fully saturated rings. The average Bonchev–Trinajstić information content (AvgIpc) is 3.21. The van der Waals surface area contributed by atoms with Crippen molar-refractivity contribution >= 4 is 19.8 Å². The molecule has 0 aromatic carbocycles. The first kappa shape index (κ1) is 58.4. The van der Waals surface area contributed by atoms with Gasteiger partial charge < -0.3 is 33.0 Å². The summed E-state index contributed by atoms with van der Waals surface area (Å²) >= 11 is 0. The minimum absolute atomic E-state index is 0.0170. The molecule has 2 unspecified atom stereocenters. The number of carbonyl (C=O) groups is 2. The van der Waals surface area contributed by atoms with Gasteiger partial charge in [-0.3, -0.25) is 14.2 Å². The van der Waals surface area contributed by atoms with Crippen molar-refractivity contribution < 1.29 is 47.2 Å². The molecule has 0 spiro atoms. The van der Waals surface area contributed by atoms with Crippen LogP contribution in [0.5, 0.6) is 0 Å². The van der Waals surface area contributed by atoms with E-state index in [4.69, 9.17) is 18.5 Å². The molecule has 0 amide bonds. The number of esters is 2. The van der Waals surface area contributed by atoms with Crippen LogP contribution in [0.3, 0.4) is 0 Å². The van der Waals surface area contributed by atoms with Gasteiger partial charge in [-0.05, 0) is 44.9 Å². The minimum Gasteiger partial charge on any atom is -0.756 e. The number of allylic oxidation sites excluding steroid dienone is 10. The predicted octanol–water partition coefficient (Wildman–Crippen LogP) is 12.1. The van der Waals surface area contributed by atoms with E-state index in [2.05, 4.69) is 50.3 Å². The first-order valence-corrected chi connectivity index (χ1v) is 25.2. The number of rotatable bonds is 42. The van der Waals surface area contributed by atoms with Crippen molar-refractivity contribution in [1.82, 2.24) is 0 Å². The Morgan fingerprint density at radius 2 is 1.15 bits per heavy atom. The molecule has 1 N–H and O–H groups in total. The van der Waals surface area contributed by atoms with E-state index in [1.807, 2.05) is 39.4 Å². The van der Waals surface area contributed by atoms with Gasteiger partial charge in [0.2, 0.25) is 0 Å². The molecule has 61 heavy (non-hydrogen) atoms. The quantitative estimate of drug-likeness (QED) is 0.0159. The van der Waals surface area contributed by atoms with Crippen molar-refractivity contribution in [2.24, 2.45) is 0 Å². The molecule has 352 valence electrons. The van der Waals surface area contributed by atoms with E-state index in [-0.39, 0.29) is 26.1 Å². The number of unbranched alkanes of at least 4 members (excludes halogenated alkanes) is 16. The third-order valence-electron chi connectivity index (χ3n) is 9.83. The number of likely N-dealkylation sites (N-methyl/N-ethyl adjacent to an activating group) is 1. The number of aliphatic hydroxyl groups is 1. The average molecular weight is 878 g/mol. The van der Waals surface area contributed by atoms with E-state index in [0.29, 0.717) is 30.3 Å². The van der Waals surface area contributed by atoms with Gasteiger partial charge in [-0.2, -0.15) is 0 Å². The fourth-order valence-corrected chi connectivity index (χ4v) is 6.85. The van der Waals surface area contributed by atoms with Gasteiger partial charge in [0.25, 0.3) is 7.82 Å². The number of phosphoric acid groups is 1. The van der Waals surface area contributed by atoms with Crippen LogP contribution in [0.25, 0.3) is 0 Å². The van der Waals surface area contributed by atoms with Crippen molar-refractivity contribution in [2.45, 2.75) is 187 Å². The van der Waals surface area contributed by atoms with E-state index >= 15 is 0 Å². The van der Waals surface area contributed by atoms with Crippen LogP contribution in [0.4, 0.5) is 0 Å². The molecule has 0 heterocycles. The fraction of sp³-hybridized carbons (Fsp3) is 0.720. The predicted molar refractivity (Wildman–Crippen MR) is 251 cm³/mol. The molecule has 0 saturated carbocycles. The zero-order valence-corrected chi connectivity index (χ0v) is 40.1. The lowest BCUT2D eigenvalue weighted by Gasteiger charge is -2.28. The van der Waals surface area contributed by atoms with Gasteiger partial charge >= 0.3 is 11.9 Å². The lowest BCUT2D eigenvalue weighted by atomic mass is 10.0. The molecule has 0 aliphatic carbocycles. The van der Waals surface area contributed by atoms with Crippen LogP contribution in [-0.2, 0) is 32.7 Å². The van der Waals surface area contributed by atoms with Gasteiger partial charge in [0.1, 0.15) is 19.8 Å². The van der Waals surface area contributed by atoms with Crippen LogP contribution in [0, 0.1) is 0 Å². The molecule has 0 rings (SSSR count). The summed E-state index contributed by atoms with van der Waals surface area (Å²) in [5, 5.41) is 10.2. The number of aliphatic hydroxyl groups excluding tert-OH is 1. The summed E-state index contributed by atoms with van der Waals surface area (Å²) in [5.41, 5.74) is 0. The van der Waals surface area contributed by atoms with Crippen LogP contribution in [0.15, 0.2) is 72.9 Å². The third kappa shape index (κ3) is 45.3. The third-order valence-corrected chi connectivity index (χ3v) is 10.8. The lowest BCUT2D eigenvalue weighted by molar-refractivity contribution is -0.870. The van der Waals surface area contributed by atoms with Gasteiger partial charge in [0, 0.05) is 12.8 Å². The second-order valence-corrected chi connectivity index (χ2v) is 18.4. The number of ether oxygens (including phenoxy) is 2. The minimum atomic E-state index is -4.68. The molecule has 0 radical (unpaired) electrons. The molecule has 0 bridgehead atoms. The highest BCUT2D eigenvalue weighted by molar-refractivity contribution is 7.45. The molecular weight excluding hydrogens is 790 g/mol. The highest BCUT2D eigenvalue weighted by Crippen LogP contribution is 2.38. The maximum Gasteiger partial charge on any atom is 0.306 e. The normalized spacial score (nSPS) is 14.7. The highest BCUT2D eigenvalue weighted by atomic mass is 31.2. The van der Waals surface area contributed by atoms with Crippen LogP contribution in [0.1, 0.15) is 174 Å². The second-order valence-electron chi connectivity index (χ2n) is 16.9. The first-order chi connectivity index (χ1) is 29.4. The number of phosphoric ester groups is 1. The van der Waals surface area contributed by atoms with Crippen molar-refractivity contribution in [3.63, 3.8) is 0 Å². The van der Waals surface area contributed by atoms with Crippen molar-refractivity contribution in [2.75, 3.05) is 47.5 Å². The monoisotopic (exact) mass is 878 g/mol. The number of carbonyl (C=O) groups excluding carboxylic acids is 2. The van der Waals surface area contributed by atoms with Crippen LogP contribution in [0.2, 0.25) is 0 Å². The molecule has 0 saturated heterocycles. The maximum absolute atomic E-state index is 12.7. The van der Waals surface area contributed by atoms with Gasteiger partial charge in [0.15, 0.2) is 6.10 Å². The Hall–Kier alpha value is -2.59. The van der Waals surface area contributed by atoms with Crippen molar-refractivity contribution in [1.29, 1.82) is 0 Å². The second kappa shape index (κ2) is 41.4.